The molecule has 0 saturated carbocycles. The van der Waals surface area contributed by atoms with Gasteiger partial charge in [-0.25, -0.2) is 0 Å². The molecule has 1 aliphatic rings. The Kier molecular flexibility index (Phi) is 5.80. The number of benzene rings is 1. The van der Waals surface area contributed by atoms with Crippen LogP contribution in [0.3, 0.4) is 0 Å². The van der Waals surface area contributed by atoms with E-state index < -0.39 is 0 Å². The number of ether oxygens (including phenoxy) is 1. The van der Waals surface area contributed by atoms with Gasteiger partial charge < -0.3 is 10.1 Å². The van der Waals surface area contributed by atoms with Gasteiger partial charge >= 0.3 is 0 Å². The average molecular weight is 333 g/mol. The van der Waals surface area contributed by atoms with Crippen LogP contribution >= 0.6 is 11.6 Å². The van der Waals surface area contributed by atoms with Gasteiger partial charge in [-0.15, -0.1) is 10.2 Å². The lowest BCUT2D eigenvalue weighted by Crippen LogP contribution is -2.37. The van der Waals surface area contributed by atoms with Crippen molar-refractivity contribution in [2.45, 2.75) is 6.42 Å². The van der Waals surface area contributed by atoms with Gasteiger partial charge in [-0.3, -0.25) is 4.90 Å². The van der Waals surface area contributed by atoms with Crippen molar-refractivity contribution in [3.05, 3.63) is 41.4 Å². The third kappa shape index (κ3) is 4.89. The average Bonchev–Trinajstić information content (AvgIpc) is 2.61. The first-order chi connectivity index (χ1) is 11.3. The Labute approximate surface area is 141 Å². The Morgan fingerprint density at radius 2 is 1.83 bits per heavy atom. The molecule has 0 spiro atoms. The Bertz CT molecular complexity index is 597. The van der Waals surface area contributed by atoms with E-state index in [2.05, 4.69) is 20.4 Å². The summed E-state index contributed by atoms with van der Waals surface area (Å²) in [7, 11) is 0. The molecule has 0 atom stereocenters. The first-order valence-electron chi connectivity index (χ1n) is 7.95. The van der Waals surface area contributed by atoms with Crippen LogP contribution in [0.1, 0.15) is 6.42 Å². The Morgan fingerprint density at radius 3 is 2.52 bits per heavy atom. The summed E-state index contributed by atoms with van der Waals surface area (Å²) in [5.74, 6) is 0.810. The highest BCUT2D eigenvalue weighted by atomic mass is 35.5. The lowest BCUT2D eigenvalue weighted by Gasteiger charge is -2.26. The topological polar surface area (TPSA) is 50.3 Å². The van der Waals surface area contributed by atoms with E-state index >= 15 is 0 Å². The van der Waals surface area contributed by atoms with Gasteiger partial charge in [0.1, 0.15) is 5.82 Å². The molecular weight excluding hydrogens is 312 g/mol. The molecule has 0 aliphatic carbocycles. The number of hydrogen-bond donors (Lipinski definition) is 1. The fourth-order valence-corrected chi connectivity index (χ4v) is 2.67. The fourth-order valence-electron chi connectivity index (χ4n) is 2.55. The second-order valence-electron chi connectivity index (χ2n) is 5.55. The number of aromatic nitrogens is 2. The zero-order valence-electron chi connectivity index (χ0n) is 13.0. The van der Waals surface area contributed by atoms with E-state index in [1.54, 1.807) is 0 Å². The quantitative estimate of drug-likeness (QED) is 0.824. The summed E-state index contributed by atoms with van der Waals surface area (Å²) < 4.78 is 5.35. The molecule has 0 radical (unpaired) electrons. The zero-order valence-corrected chi connectivity index (χ0v) is 13.8. The zero-order chi connectivity index (χ0) is 15.9. The van der Waals surface area contributed by atoms with E-state index in [1.807, 2.05) is 36.4 Å². The van der Waals surface area contributed by atoms with Crippen LogP contribution in [0.2, 0.25) is 5.02 Å². The largest absolute Gasteiger partial charge is 0.379 e. The lowest BCUT2D eigenvalue weighted by atomic mass is 10.1. The monoisotopic (exact) mass is 332 g/mol. The minimum Gasteiger partial charge on any atom is -0.379 e. The molecule has 1 aromatic heterocycles. The molecule has 3 rings (SSSR count). The number of hydrogen-bond acceptors (Lipinski definition) is 5. The molecule has 0 unspecified atom stereocenters. The molecule has 1 saturated heterocycles. The minimum absolute atomic E-state index is 0.722. The highest BCUT2D eigenvalue weighted by Gasteiger charge is 2.09. The van der Waals surface area contributed by atoms with E-state index in [-0.39, 0.29) is 0 Å². The van der Waals surface area contributed by atoms with Crippen molar-refractivity contribution < 1.29 is 4.74 Å². The first-order valence-corrected chi connectivity index (χ1v) is 8.33. The number of nitrogens with one attached hydrogen (secondary N) is 1. The van der Waals surface area contributed by atoms with Gasteiger partial charge in [-0.05, 0) is 37.2 Å². The molecular formula is C17H21ClN4O. The smallest absolute Gasteiger partial charge is 0.148 e. The summed E-state index contributed by atoms with van der Waals surface area (Å²) in [6.45, 7) is 5.76. The summed E-state index contributed by atoms with van der Waals surface area (Å²) in [6.07, 6.45) is 1.08. The number of halogens is 1. The van der Waals surface area contributed by atoms with Gasteiger partial charge in [0.2, 0.25) is 0 Å². The molecule has 0 amide bonds. The molecule has 122 valence electrons. The molecule has 1 N–H and O–H groups in total. The summed E-state index contributed by atoms with van der Waals surface area (Å²) in [5.41, 5.74) is 1.86. The Morgan fingerprint density at radius 1 is 1.04 bits per heavy atom. The van der Waals surface area contributed by atoms with Gasteiger partial charge in [0.15, 0.2) is 0 Å². The highest BCUT2D eigenvalue weighted by Crippen LogP contribution is 2.19. The standard InChI is InChI=1S/C17H21ClN4O/c18-15-4-2-14(3-5-15)16-6-7-17(21-20-16)19-8-1-9-22-10-12-23-13-11-22/h2-7H,1,8-13H2,(H,19,21). The minimum atomic E-state index is 0.722. The first kappa shape index (κ1) is 16.2. The van der Waals surface area contributed by atoms with Crippen LogP contribution in [0.25, 0.3) is 11.3 Å². The molecule has 6 heteroatoms. The molecule has 2 heterocycles. The third-order valence-electron chi connectivity index (χ3n) is 3.87. The van der Waals surface area contributed by atoms with Crippen LogP contribution in [0.5, 0.6) is 0 Å². The molecule has 23 heavy (non-hydrogen) atoms. The van der Waals surface area contributed by atoms with Crippen LogP contribution in [-0.2, 0) is 4.74 Å². The van der Waals surface area contributed by atoms with Crippen LogP contribution in [0, 0.1) is 0 Å². The Hall–Kier alpha value is -1.69. The van der Waals surface area contributed by atoms with Crippen LogP contribution in [0.4, 0.5) is 5.82 Å². The molecule has 0 bridgehead atoms. The highest BCUT2D eigenvalue weighted by molar-refractivity contribution is 6.30. The lowest BCUT2D eigenvalue weighted by molar-refractivity contribution is 0.0378. The van der Waals surface area contributed by atoms with Crippen molar-refractivity contribution in [2.24, 2.45) is 0 Å². The van der Waals surface area contributed by atoms with E-state index in [9.17, 15) is 0 Å². The second-order valence-corrected chi connectivity index (χ2v) is 5.98. The van der Waals surface area contributed by atoms with Crippen molar-refractivity contribution in [3.63, 3.8) is 0 Å². The molecule has 1 fully saturated rings. The normalized spacial score (nSPS) is 15.5. The van der Waals surface area contributed by atoms with E-state index in [1.165, 1.54) is 0 Å². The van der Waals surface area contributed by atoms with E-state index in [0.29, 0.717) is 0 Å². The fraction of sp³-hybridized carbons (Fsp3) is 0.412. The molecule has 1 aromatic carbocycles. The van der Waals surface area contributed by atoms with Gasteiger partial charge in [-0.2, -0.15) is 0 Å². The van der Waals surface area contributed by atoms with Gasteiger partial charge in [-0.1, -0.05) is 23.7 Å². The van der Waals surface area contributed by atoms with Crippen LogP contribution in [0.15, 0.2) is 36.4 Å². The summed E-state index contributed by atoms with van der Waals surface area (Å²) in [5, 5.41) is 12.5. The van der Waals surface area contributed by atoms with E-state index in [4.69, 9.17) is 16.3 Å². The summed E-state index contributed by atoms with van der Waals surface area (Å²) in [6, 6.07) is 11.5. The molecule has 2 aromatic rings. The predicted octanol–water partition coefficient (Wildman–Crippen LogP) is 2.93. The van der Waals surface area contributed by atoms with Crippen molar-refractivity contribution in [2.75, 3.05) is 44.7 Å². The summed E-state index contributed by atoms with van der Waals surface area (Å²) >= 11 is 5.89. The van der Waals surface area contributed by atoms with Crippen LogP contribution in [-0.4, -0.2) is 54.5 Å². The number of anilines is 1. The van der Waals surface area contributed by atoms with Crippen molar-refractivity contribution >= 4 is 17.4 Å². The SMILES string of the molecule is Clc1ccc(-c2ccc(NCCCN3CCOCC3)nn2)cc1. The number of nitrogens with zero attached hydrogens (tertiary/aromatic N) is 3. The summed E-state index contributed by atoms with van der Waals surface area (Å²) in [4.78, 5) is 2.43. The maximum Gasteiger partial charge on any atom is 0.148 e. The van der Waals surface area contributed by atoms with Crippen molar-refractivity contribution in [3.8, 4) is 11.3 Å². The maximum absolute atomic E-state index is 5.89. The van der Waals surface area contributed by atoms with Crippen LogP contribution < -0.4 is 5.32 Å². The third-order valence-corrected chi connectivity index (χ3v) is 4.12. The van der Waals surface area contributed by atoms with E-state index in [0.717, 1.165) is 67.9 Å². The Balaban J connectivity index is 1.45. The molecule has 1 aliphatic heterocycles. The van der Waals surface area contributed by atoms with Gasteiger partial charge in [0.25, 0.3) is 0 Å². The van der Waals surface area contributed by atoms with Crippen molar-refractivity contribution in [1.82, 2.24) is 15.1 Å². The number of morpholine rings is 1. The number of rotatable bonds is 6. The van der Waals surface area contributed by atoms with Gasteiger partial charge in [0.05, 0.1) is 18.9 Å². The van der Waals surface area contributed by atoms with Crippen molar-refractivity contribution in [1.29, 1.82) is 0 Å². The second kappa shape index (κ2) is 8.24. The maximum atomic E-state index is 5.89. The molecule has 5 nitrogen and oxygen atoms in total. The van der Waals surface area contributed by atoms with Gasteiger partial charge in [0, 0.05) is 30.2 Å². The predicted molar refractivity (Wildman–Crippen MR) is 92.8 cm³/mol.